The lowest BCUT2D eigenvalue weighted by atomic mass is 10.0. The predicted molar refractivity (Wildman–Crippen MR) is 78.8 cm³/mol. The molecule has 0 fully saturated rings. The zero-order chi connectivity index (χ0) is 15.7. The van der Waals surface area contributed by atoms with Crippen molar-refractivity contribution in [3.05, 3.63) is 29.6 Å². The second-order valence-electron chi connectivity index (χ2n) is 4.80. The lowest BCUT2D eigenvalue weighted by Gasteiger charge is -2.11. The highest BCUT2D eigenvalue weighted by atomic mass is 19.1. The third-order valence-electron chi connectivity index (χ3n) is 2.95. The maximum absolute atomic E-state index is 13.5. The summed E-state index contributed by atoms with van der Waals surface area (Å²) in [5.74, 6) is -0.344. The molecule has 118 valence electrons. The number of methoxy groups -OCH3 is 1. The molecular formula is C15H23FN2O3. The number of amides is 1. The van der Waals surface area contributed by atoms with Crippen molar-refractivity contribution in [3.8, 4) is 5.75 Å². The van der Waals surface area contributed by atoms with Crippen LogP contribution in [0, 0.1) is 5.82 Å². The fraction of sp³-hybridized carbons (Fsp3) is 0.533. The zero-order valence-corrected chi connectivity index (χ0v) is 12.5. The van der Waals surface area contributed by atoms with Gasteiger partial charge in [-0.05, 0) is 30.5 Å². The van der Waals surface area contributed by atoms with Crippen LogP contribution in [-0.2, 0) is 16.0 Å². The fourth-order valence-electron chi connectivity index (χ4n) is 1.76. The van der Waals surface area contributed by atoms with E-state index in [0.717, 1.165) is 12.0 Å². The number of rotatable bonds is 9. The molecule has 0 heterocycles. The Labute approximate surface area is 124 Å². The minimum Gasteiger partial charge on any atom is -0.484 e. The van der Waals surface area contributed by atoms with Crippen molar-refractivity contribution in [2.24, 2.45) is 5.73 Å². The smallest absolute Gasteiger partial charge is 0.258 e. The summed E-state index contributed by atoms with van der Waals surface area (Å²) in [7, 11) is 1.55. The van der Waals surface area contributed by atoms with Crippen LogP contribution in [-0.4, -0.2) is 38.8 Å². The van der Waals surface area contributed by atoms with Crippen LogP contribution < -0.4 is 15.8 Å². The van der Waals surface area contributed by atoms with Crippen molar-refractivity contribution in [1.29, 1.82) is 0 Å². The first kappa shape index (κ1) is 17.4. The summed E-state index contributed by atoms with van der Waals surface area (Å²) < 4.78 is 23.6. The van der Waals surface area contributed by atoms with Crippen LogP contribution >= 0.6 is 0 Å². The van der Waals surface area contributed by atoms with E-state index in [2.05, 4.69) is 5.32 Å². The Morgan fingerprint density at radius 1 is 1.43 bits per heavy atom. The van der Waals surface area contributed by atoms with Gasteiger partial charge in [0.1, 0.15) is 11.6 Å². The molecule has 0 saturated carbocycles. The van der Waals surface area contributed by atoms with E-state index < -0.39 is 5.82 Å². The van der Waals surface area contributed by atoms with E-state index in [9.17, 15) is 9.18 Å². The van der Waals surface area contributed by atoms with Crippen molar-refractivity contribution in [2.45, 2.75) is 25.8 Å². The molecule has 0 aliphatic carbocycles. The van der Waals surface area contributed by atoms with Gasteiger partial charge in [0.05, 0.1) is 6.61 Å². The third-order valence-corrected chi connectivity index (χ3v) is 2.95. The molecule has 1 aromatic carbocycles. The SMILES string of the molecule is CCC(N)Cc1cc(F)cc(OCC(=O)NCCOC)c1. The Kier molecular flexibility index (Phi) is 7.71. The Morgan fingerprint density at radius 3 is 2.86 bits per heavy atom. The maximum atomic E-state index is 13.5. The summed E-state index contributed by atoms with van der Waals surface area (Å²) in [6.45, 7) is 2.67. The number of benzene rings is 1. The van der Waals surface area contributed by atoms with E-state index in [4.69, 9.17) is 15.2 Å². The van der Waals surface area contributed by atoms with Crippen LogP contribution in [0.25, 0.3) is 0 Å². The van der Waals surface area contributed by atoms with Crippen molar-refractivity contribution >= 4 is 5.91 Å². The highest BCUT2D eigenvalue weighted by molar-refractivity contribution is 5.77. The molecule has 1 rings (SSSR count). The normalized spacial score (nSPS) is 12.0. The van der Waals surface area contributed by atoms with Crippen LogP contribution in [0.3, 0.4) is 0 Å². The van der Waals surface area contributed by atoms with E-state index >= 15 is 0 Å². The van der Waals surface area contributed by atoms with Gasteiger partial charge in [-0.25, -0.2) is 4.39 Å². The van der Waals surface area contributed by atoms with E-state index in [-0.39, 0.29) is 18.6 Å². The molecule has 0 aliphatic heterocycles. The van der Waals surface area contributed by atoms with Gasteiger partial charge in [0.25, 0.3) is 5.91 Å². The minimum absolute atomic E-state index is 0.0167. The number of nitrogens with one attached hydrogen (secondary N) is 1. The van der Waals surface area contributed by atoms with Crippen molar-refractivity contribution in [3.63, 3.8) is 0 Å². The molecule has 6 heteroatoms. The van der Waals surface area contributed by atoms with E-state index in [0.29, 0.717) is 25.3 Å². The average Bonchev–Trinajstić information content (AvgIpc) is 2.44. The molecule has 1 atom stereocenters. The zero-order valence-electron chi connectivity index (χ0n) is 12.5. The average molecular weight is 298 g/mol. The Bertz CT molecular complexity index is 455. The minimum atomic E-state index is -0.398. The molecule has 0 saturated heterocycles. The summed E-state index contributed by atoms with van der Waals surface area (Å²) in [6, 6.07) is 4.38. The van der Waals surface area contributed by atoms with Gasteiger partial charge in [0.15, 0.2) is 6.61 Å². The third kappa shape index (κ3) is 7.06. The van der Waals surface area contributed by atoms with Crippen molar-refractivity contribution in [2.75, 3.05) is 26.9 Å². The molecule has 3 N–H and O–H groups in total. The number of hydrogen-bond donors (Lipinski definition) is 2. The van der Waals surface area contributed by atoms with Crippen LogP contribution in [0.2, 0.25) is 0 Å². The largest absolute Gasteiger partial charge is 0.484 e. The van der Waals surface area contributed by atoms with E-state index in [1.54, 1.807) is 13.2 Å². The molecule has 1 amide bonds. The molecule has 1 aromatic rings. The molecule has 0 aromatic heterocycles. The fourth-order valence-corrected chi connectivity index (χ4v) is 1.76. The Hall–Kier alpha value is -1.66. The highest BCUT2D eigenvalue weighted by Gasteiger charge is 2.08. The molecule has 0 spiro atoms. The Morgan fingerprint density at radius 2 is 2.19 bits per heavy atom. The second-order valence-corrected chi connectivity index (χ2v) is 4.80. The van der Waals surface area contributed by atoms with Gasteiger partial charge in [0, 0.05) is 25.8 Å². The molecular weight excluding hydrogens is 275 g/mol. The van der Waals surface area contributed by atoms with Gasteiger partial charge in [-0.15, -0.1) is 0 Å². The molecule has 21 heavy (non-hydrogen) atoms. The van der Waals surface area contributed by atoms with Crippen LogP contribution in [0.15, 0.2) is 18.2 Å². The summed E-state index contributed by atoms with van der Waals surface area (Å²) in [6.07, 6.45) is 1.39. The van der Waals surface area contributed by atoms with Gasteiger partial charge in [-0.3, -0.25) is 4.79 Å². The first-order chi connectivity index (χ1) is 10.0. The first-order valence-electron chi connectivity index (χ1n) is 6.98. The number of halogens is 1. The monoisotopic (exact) mass is 298 g/mol. The van der Waals surface area contributed by atoms with Crippen molar-refractivity contribution in [1.82, 2.24) is 5.32 Å². The van der Waals surface area contributed by atoms with Crippen LogP contribution in [0.5, 0.6) is 5.75 Å². The summed E-state index contributed by atoms with van der Waals surface area (Å²) in [4.78, 5) is 11.5. The second kappa shape index (κ2) is 9.31. The van der Waals surface area contributed by atoms with Gasteiger partial charge < -0.3 is 20.5 Å². The number of carbonyl (C=O) groups is 1. The molecule has 0 radical (unpaired) electrons. The number of hydrogen-bond acceptors (Lipinski definition) is 4. The Balaban J connectivity index is 2.52. The van der Waals surface area contributed by atoms with E-state index in [1.807, 2.05) is 6.92 Å². The molecule has 1 unspecified atom stereocenters. The number of carbonyl (C=O) groups excluding carboxylic acids is 1. The van der Waals surface area contributed by atoms with Gasteiger partial charge in [0.2, 0.25) is 0 Å². The predicted octanol–water partition coefficient (Wildman–Crippen LogP) is 1.25. The quantitative estimate of drug-likeness (QED) is 0.673. The number of ether oxygens (including phenoxy) is 2. The summed E-state index contributed by atoms with van der Waals surface area (Å²) >= 11 is 0. The molecule has 5 nitrogen and oxygen atoms in total. The van der Waals surface area contributed by atoms with E-state index in [1.165, 1.54) is 12.1 Å². The topological polar surface area (TPSA) is 73.6 Å². The molecule has 0 bridgehead atoms. The summed E-state index contributed by atoms with van der Waals surface area (Å²) in [5.41, 5.74) is 6.62. The van der Waals surface area contributed by atoms with Gasteiger partial charge >= 0.3 is 0 Å². The molecule has 0 aliphatic rings. The van der Waals surface area contributed by atoms with Gasteiger partial charge in [-0.1, -0.05) is 6.92 Å². The van der Waals surface area contributed by atoms with Gasteiger partial charge in [-0.2, -0.15) is 0 Å². The first-order valence-corrected chi connectivity index (χ1v) is 6.98. The lowest BCUT2D eigenvalue weighted by Crippen LogP contribution is -2.31. The van der Waals surface area contributed by atoms with Crippen LogP contribution in [0.4, 0.5) is 4.39 Å². The van der Waals surface area contributed by atoms with Crippen LogP contribution in [0.1, 0.15) is 18.9 Å². The lowest BCUT2D eigenvalue weighted by molar-refractivity contribution is -0.123. The van der Waals surface area contributed by atoms with Crippen molar-refractivity contribution < 1.29 is 18.7 Å². The summed E-state index contributed by atoms with van der Waals surface area (Å²) in [5, 5.41) is 2.62. The standard InChI is InChI=1S/C15H23FN2O3/c1-3-13(17)7-11-6-12(16)9-14(8-11)21-10-15(19)18-4-5-20-2/h6,8-9,13H,3-5,7,10,17H2,1-2H3,(H,18,19). The number of nitrogens with two attached hydrogens (primary N) is 1. The maximum Gasteiger partial charge on any atom is 0.258 e. The highest BCUT2D eigenvalue weighted by Crippen LogP contribution is 2.18.